The summed E-state index contributed by atoms with van der Waals surface area (Å²) in [5, 5.41) is 0. The first-order chi connectivity index (χ1) is 9.37. The van der Waals surface area contributed by atoms with Crippen LogP contribution in [0.3, 0.4) is 0 Å². The van der Waals surface area contributed by atoms with Crippen molar-refractivity contribution in [3.8, 4) is 5.75 Å². The average molecular weight is 290 g/mol. The summed E-state index contributed by atoms with van der Waals surface area (Å²) < 4.78 is 17.5. The molecule has 1 atom stereocenters. The van der Waals surface area contributed by atoms with Crippen molar-refractivity contribution in [2.24, 2.45) is 0 Å². The lowest BCUT2D eigenvalue weighted by Gasteiger charge is -2.17. The molecule has 2 aromatic rings. The van der Waals surface area contributed by atoms with Gasteiger partial charge in [-0.3, -0.25) is 0 Å². The van der Waals surface area contributed by atoms with Crippen LogP contribution in [0.5, 0.6) is 5.75 Å². The van der Waals surface area contributed by atoms with Crippen LogP contribution >= 0.6 is 7.60 Å². The Morgan fingerprint density at radius 3 is 2.15 bits per heavy atom. The molecular weight excluding hydrogens is 271 g/mol. The minimum Gasteiger partial charge on any atom is -0.424 e. The van der Waals surface area contributed by atoms with Crippen molar-refractivity contribution < 1.29 is 14.0 Å². The van der Waals surface area contributed by atoms with Crippen LogP contribution in [0.4, 0.5) is 0 Å². The molecule has 4 heteroatoms. The molecular formula is C16H19O3P. The van der Waals surface area contributed by atoms with Gasteiger partial charge in [-0.1, -0.05) is 35.9 Å². The van der Waals surface area contributed by atoms with E-state index in [-0.39, 0.29) is 6.16 Å². The molecule has 2 rings (SSSR count). The van der Waals surface area contributed by atoms with Crippen LogP contribution < -0.4 is 4.52 Å². The highest BCUT2D eigenvalue weighted by atomic mass is 31.2. The Balaban J connectivity index is 2.23. The van der Waals surface area contributed by atoms with E-state index in [0.29, 0.717) is 5.75 Å². The lowest BCUT2D eigenvalue weighted by Crippen LogP contribution is -2.00. The molecule has 2 aromatic carbocycles. The van der Waals surface area contributed by atoms with Crippen molar-refractivity contribution in [2.75, 3.05) is 0 Å². The molecule has 3 nitrogen and oxygen atoms in total. The number of hydrogen-bond acceptors (Lipinski definition) is 2. The quantitative estimate of drug-likeness (QED) is 0.850. The minimum atomic E-state index is -3.71. The molecule has 0 heterocycles. The normalized spacial score (nSPS) is 13.8. The third-order valence-corrected chi connectivity index (χ3v) is 4.40. The lowest BCUT2D eigenvalue weighted by molar-refractivity contribution is 0.378. The van der Waals surface area contributed by atoms with Crippen LogP contribution in [-0.2, 0) is 10.7 Å². The SMILES string of the molecule is Cc1cc(C)c(CP(=O)(O)Oc2ccccc2)c(C)c1. The molecule has 20 heavy (non-hydrogen) atoms. The first kappa shape index (κ1) is 14.8. The molecule has 0 aliphatic rings. The van der Waals surface area contributed by atoms with Gasteiger partial charge in [0.1, 0.15) is 5.75 Å². The predicted octanol–water partition coefficient (Wildman–Crippen LogP) is 4.38. The number of rotatable bonds is 4. The van der Waals surface area contributed by atoms with Gasteiger partial charge in [0.25, 0.3) is 0 Å². The van der Waals surface area contributed by atoms with Gasteiger partial charge in [-0.05, 0) is 49.6 Å². The molecule has 106 valence electrons. The summed E-state index contributed by atoms with van der Waals surface area (Å²) in [6.07, 6.45) is 0.0276. The standard InChI is InChI=1S/C16H19O3P/c1-12-9-13(2)16(14(3)10-12)11-20(17,18)19-15-7-5-4-6-8-15/h4-10H,11H2,1-3H3,(H,17,18). The zero-order valence-corrected chi connectivity index (χ0v) is 12.9. The molecule has 0 spiro atoms. The van der Waals surface area contributed by atoms with Crippen molar-refractivity contribution in [2.45, 2.75) is 26.9 Å². The molecule has 1 N–H and O–H groups in total. The summed E-state index contributed by atoms with van der Waals surface area (Å²) in [5.41, 5.74) is 4.08. The Morgan fingerprint density at radius 1 is 1.05 bits per heavy atom. The van der Waals surface area contributed by atoms with E-state index >= 15 is 0 Å². The summed E-state index contributed by atoms with van der Waals surface area (Å²) >= 11 is 0. The van der Waals surface area contributed by atoms with Gasteiger partial charge in [0.05, 0.1) is 6.16 Å². The van der Waals surface area contributed by atoms with Crippen LogP contribution in [0.15, 0.2) is 42.5 Å². The van der Waals surface area contributed by atoms with E-state index in [1.54, 1.807) is 24.3 Å². The van der Waals surface area contributed by atoms with Crippen LogP contribution in [0, 0.1) is 20.8 Å². The maximum absolute atomic E-state index is 12.3. The van der Waals surface area contributed by atoms with Crippen molar-refractivity contribution in [3.63, 3.8) is 0 Å². The lowest BCUT2D eigenvalue weighted by atomic mass is 10.0. The van der Waals surface area contributed by atoms with E-state index in [9.17, 15) is 9.46 Å². The molecule has 0 aliphatic carbocycles. The number of benzene rings is 2. The predicted molar refractivity (Wildman–Crippen MR) is 81.3 cm³/mol. The Morgan fingerprint density at radius 2 is 1.60 bits per heavy atom. The number of hydrogen-bond donors (Lipinski definition) is 1. The largest absolute Gasteiger partial charge is 0.424 e. The summed E-state index contributed by atoms with van der Waals surface area (Å²) in [5.74, 6) is 0.417. The molecule has 0 aromatic heterocycles. The summed E-state index contributed by atoms with van der Waals surface area (Å²) in [6.45, 7) is 5.93. The van der Waals surface area contributed by atoms with Crippen LogP contribution in [0.1, 0.15) is 22.3 Å². The Hall–Kier alpha value is -1.57. The van der Waals surface area contributed by atoms with Crippen LogP contribution in [-0.4, -0.2) is 4.89 Å². The zero-order valence-electron chi connectivity index (χ0n) is 12.0. The summed E-state index contributed by atoms with van der Waals surface area (Å²) in [7, 11) is -3.71. The third kappa shape index (κ3) is 3.72. The molecule has 0 radical (unpaired) electrons. The molecule has 0 amide bonds. The smallest absolute Gasteiger partial charge is 0.381 e. The van der Waals surface area contributed by atoms with Gasteiger partial charge < -0.3 is 9.42 Å². The Labute approximate surface area is 119 Å². The van der Waals surface area contributed by atoms with E-state index in [0.717, 1.165) is 22.3 Å². The maximum atomic E-state index is 12.3. The Kier molecular flexibility index (Phi) is 4.32. The van der Waals surface area contributed by atoms with Gasteiger partial charge in [-0.25, -0.2) is 4.57 Å². The topological polar surface area (TPSA) is 46.5 Å². The third-order valence-electron chi connectivity index (χ3n) is 3.19. The summed E-state index contributed by atoms with van der Waals surface area (Å²) in [4.78, 5) is 10.1. The van der Waals surface area contributed by atoms with Crippen molar-refractivity contribution >= 4 is 7.60 Å². The second kappa shape index (κ2) is 5.82. The van der Waals surface area contributed by atoms with Gasteiger partial charge in [-0.2, -0.15) is 0 Å². The van der Waals surface area contributed by atoms with E-state index in [1.165, 1.54) is 0 Å². The molecule has 0 fully saturated rings. The van der Waals surface area contributed by atoms with Gasteiger partial charge in [0.2, 0.25) is 0 Å². The van der Waals surface area contributed by atoms with Gasteiger partial charge in [0, 0.05) is 0 Å². The highest BCUT2D eigenvalue weighted by molar-refractivity contribution is 7.52. The highest BCUT2D eigenvalue weighted by Crippen LogP contribution is 2.47. The maximum Gasteiger partial charge on any atom is 0.381 e. The second-order valence-corrected chi connectivity index (χ2v) is 6.85. The van der Waals surface area contributed by atoms with Gasteiger partial charge in [-0.15, -0.1) is 0 Å². The van der Waals surface area contributed by atoms with E-state index in [1.807, 2.05) is 39.0 Å². The van der Waals surface area contributed by atoms with Crippen molar-refractivity contribution in [1.82, 2.24) is 0 Å². The number of para-hydroxylation sites is 1. The van der Waals surface area contributed by atoms with E-state index in [4.69, 9.17) is 4.52 Å². The fourth-order valence-corrected chi connectivity index (χ4v) is 3.75. The summed E-state index contributed by atoms with van der Waals surface area (Å²) in [6, 6.07) is 12.8. The second-order valence-electron chi connectivity index (χ2n) is 5.08. The first-order valence-electron chi connectivity index (χ1n) is 6.50. The monoisotopic (exact) mass is 290 g/mol. The fourth-order valence-electron chi connectivity index (χ4n) is 2.34. The van der Waals surface area contributed by atoms with Crippen LogP contribution in [0.2, 0.25) is 0 Å². The molecule has 1 unspecified atom stereocenters. The zero-order chi connectivity index (χ0) is 14.8. The average Bonchev–Trinajstić information content (AvgIpc) is 2.34. The highest BCUT2D eigenvalue weighted by Gasteiger charge is 2.23. The fraction of sp³-hybridized carbons (Fsp3) is 0.250. The van der Waals surface area contributed by atoms with Gasteiger partial charge in [0.15, 0.2) is 0 Å². The molecule has 0 saturated carbocycles. The number of aryl methyl sites for hydroxylation is 3. The Bertz CT molecular complexity index is 627. The molecule has 0 aliphatic heterocycles. The molecule has 0 saturated heterocycles. The van der Waals surface area contributed by atoms with Crippen LogP contribution in [0.25, 0.3) is 0 Å². The van der Waals surface area contributed by atoms with Crippen molar-refractivity contribution in [3.05, 3.63) is 64.7 Å². The first-order valence-corrected chi connectivity index (χ1v) is 8.27. The van der Waals surface area contributed by atoms with Gasteiger partial charge >= 0.3 is 7.60 Å². The van der Waals surface area contributed by atoms with Crippen molar-refractivity contribution in [1.29, 1.82) is 0 Å². The van der Waals surface area contributed by atoms with E-state index in [2.05, 4.69) is 0 Å². The molecule has 0 bridgehead atoms. The van der Waals surface area contributed by atoms with E-state index < -0.39 is 7.60 Å². The minimum absolute atomic E-state index is 0.0276.